The van der Waals surface area contributed by atoms with Gasteiger partial charge in [0.1, 0.15) is 6.61 Å². The normalized spacial score (nSPS) is 14.0. The number of fused-ring (bicyclic) bond motifs is 1. The number of hydrogen-bond donors (Lipinski definition) is 0. The molecule has 1 aliphatic heterocycles. The fourth-order valence-electron chi connectivity index (χ4n) is 4.85. The number of ether oxygens (including phenoxy) is 2. The number of hydrogen-bond acceptors (Lipinski definition) is 6. The first-order chi connectivity index (χ1) is 20.0. The quantitative estimate of drug-likeness (QED) is 0.239. The lowest BCUT2D eigenvalue weighted by atomic mass is 9.97. The number of halogens is 3. The van der Waals surface area contributed by atoms with Gasteiger partial charge in [0.2, 0.25) is 0 Å². The fraction of sp³-hybridized carbons (Fsp3) is 0.233. The minimum absolute atomic E-state index is 0.110. The molecule has 0 radical (unpaired) electrons. The van der Waals surface area contributed by atoms with Crippen LogP contribution in [0.3, 0.4) is 0 Å². The molecule has 210 valence electrons. The number of morpholine rings is 1. The molecule has 0 saturated carbocycles. The molecule has 0 bridgehead atoms. The summed E-state index contributed by atoms with van der Waals surface area (Å²) in [6, 6.07) is 19.3. The van der Waals surface area contributed by atoms with E-state index in [0.29, 0.717) is 47.6 Å². The van der Waals surface area contributed by atoms with Crippen LogP contribution in [0.25, 0.3) is 27.9 Å². The molecule has 0 amide bonds. The van der Waals surface area contributed by atoms with Crippen LogP contribution in [0.1, 0.15) is 5.56 Å². The van der Waals surface area contributed by atoms with Crippen molar-refractivity contribution < 1.29 is 13.9 Å². The highest BCUT2D eigenvalue weighted by Gasteiger charge is 2.19. The van der Waals surface area contributed by atoms with E-state index in [1.54, 1.807) is 42.6 Å². The summed E-state index contributed by atoms with van der Waals surface area (Å²) >= 11 is 12.3. The van der Waals surface area contributed by atoms with Gasteiger partial charge in [0, 0.05) is 40.8 Å². The van der Waals surface area contributed by atoms with Crippen molar-refractivity contribution in [3.63, 3.8) is 0 Å². The van der Waals surface area contributed by atoms with Crippen LogP contribution in [0, 0.1) is 5.82 Å². The highest BCUT2D eigenvalue weighted by molar-refractivity contribution is 6.31. The molecule has 5 aromatic rings. The van der Waals surface area contributed by atoms with Crippen molar-refractivity contribution in [2.75, 3.05) is 39.5 Å². The Morgan fingerprint density at radius 3 is 2.32 bits per heavy atom. The van der Waals surface area contributed by atoms with Crippen LogP contribution in [0.15, 0.2) is 77.7 Å². The molecule has 1 fully saturated rings. The maximum Gasteiger partial charge on any atom is 0.367 e. The van der Waals surface area contributed by atoms with E-state index in [-0.39, 0.29) is 12.3 Å². The SMILES string of the molecule is O=c1n(Cc2ccc(F)c(OCCN3CCOCC3)c2)nc2c(-c3ccc(Cl)cc3)c(-c3ccc(Cl)cc3)cnn12. The van der Waals surface area contributed by atoms with Crippen molar-refractivity contribution in [3.05, 3.63) is 105 Å². The summed E-state index contributed by atoms with van der Waals surface area (Å²) < 4.78 is 28.3. The van der Waals surface area contributed by atoms with Gasteiger partial charge in [-0.3, -0.25) is 4.90 Å². The lowest BCUT2D eigenvalue weighted by Crippen LogP contribution is -2.38. The first kappa shape index (κ1) is 27.4. The monoisotopic (exact) mass is 593 g/mol. The second-order valence-corrected chi connectivity index (χ2v) is 10.6. The standard InChI is InChI=1S/C30H26Cl2FN5O3/c31-23-6-2-21(3-7-23)25-18-34-38-29(28(25)22-4-8-24(32)9-5-22)35-37(30(38)39)19-20-1-10-26(33)27(17-20)41-16-13-36-11-14-40-15-12-36/h1-10,17-18H,11-16,19H2. The highest BCUT2D eigenvalue weighted by Crippen LogP contribution is 2.35. The van der Waals surface area contributed by atoms with E-state index in [9.17, 15) is 9.18 Å². The average molecular weight is 594 g/mol. The van der Waals surface area contributed by atoms with Gasteiger partial charge < -0.3 is 9.47 Å². The first-order valence-corrected chi connectivity index (χ1v) is 13.9. The molecule has 0 N–H and O–H groups in total. The third kappa shape index (κ3) is 5.99. The van der Waals surface area contributed by atoms with Crippen LogP contribution in [-0.2, 0) is 11.3 Å². The van der Waals surface area contributed by atoms with Gasteiger partial charge in [-0.15, -0.1) is 5.10 Å². The van der Waals surface area contributed by atoms with Crippen molar-refractivity contribution in [2.24, 2.45) is 0 Å². The highest BCUT2D eigenvalue weighted by atomic mass is 35.5. The largest absolute Gasteiger partial charge is 0.489 e. The van der Waals surface area contributed by atoms with Gasteiger partial charge in [0.05, 0.1) is 26.0 Å². The van der Waals surface area contributed by atoms with Crippen LogP contribution in [0.4, 0.5) is 4.39 Å². The Labute approximate surface area is 245 Å². The molecule has 0 spiro atoms. The Morgan fingerprint density at radius 2 is 1.61 bits per heavy atom. The zero-order valence-corrected chi connectivity index (χ0v) is 23.5. The molecule has 3 heterocycles. The maximum atomic E-state index is 14.5. The third-order valence-electron chi connectivity index (χ3n) is 7.00. The van der Waals surface area contributed by atoms with Crippen molar-refractivity contribution in [2.45, 2.75) is 6.54 Å². The maximum absolute atomic E-state index is 14.5. The molecule has 0 atom stereocenters. The molecule has 0 aliphatic carbocycles. The second kappa shape index (κ2) is 12.0. The Bertz CT molecular complexity index is 1730. The molecule has 8 nitrogen and oxygen atoms in total. The molecule has 1 saturated heterocycles. The van der Waals surface area contributed by atoms with Gasteiger partial charge in [-0.05, 0) is 53.1 Å². The molecule has 3 aromatic carbocycles. The zero-order chi connectivity index (χ0) is 28.3. The summed E-state index contributed by atoms with van der Waals surface area (Å²) in [5.41, 5.74) is 3.83. The van der Waals surface area contributed by atoms with Gasteiger partial charge >= 0.3 is 5.69 Å². The van der Waals surface area contributed by atoms with E-state index in [1.165, 1.54) is 15.3 Å². The molecule has 41 heavy (non-hydrogen) atoms. The lowest BCUT2D eigenvalue weighted by Gasteiger charge is -2.26. The summed E-state index contributed by atoms with van der Waals surface area (Å²) in [5, 5.41) is 10.3. The van der Waals surface area contributed by atoms with Crippen LogP contribution in [-0.4, -0.2) is 63.7 Å². The van der Waals surface area contributed by atoms with Crippen molar-refractivity contribution in [1.82, 2.24) is 24.3 Å². The van der Waals surface area contributed by atoms with E-state index in [2.05, 4.69) is 15.1 Å². The number of aromatic nitrogens is 4. The Balaban J connectivity index is 1.33. The lowest BCUT2D eigenvalue weighted by molar-refractivity contribution is 0.0320. The van der Waals surface area contributed by atoms with Gasteiger partial charge in [-0.2, -0.15) is 9.61 Å². The Kier molecular flexibility index (Phi) is 8.02. The van der Waals surface area contributed by atoms with Crippen LogP contribution in [0.5, 0.6) is 5.75 Å². The van der Waals surface area contributed by atoms with Crippen molar-refractivity contribution in [3.8, 4) is 28.0 Å². The predicted octanol–water partition coefficient (Wildman–Crippen LogP) is 5.43. The minimum atomic E-state index is -0.461. The van der Waals surface area contributed by atoms with Crippen LogP contribution < -0.4 is 10.4 Å². The van der Waals surface area contributed by atoms with Gasteiger partial charge in [0.15, 0.2) is 17.2 Å². The fourth-order valence-corrected chi connectivity index (χ4v) is 5.10. The van der Waals surface area contributed by atoms with E-state index in [0.717, 1.165) is 35.3 Å². The summed E-state index contributed by atoms with van der Waals surface area (Å²) in [6.07, 6.45) is 1.64. The van der Waals surface area contributed by atoms with Crippen molar-refractivity contribution in [1.29, 1.82) is 0 Å². The van der Waals surface area contributed by atoms with Gasteiger partial charge in [-0.1, -0.05) is 53.5 Å². The average Bonchev–Trinajstić information content (AvgIpc) is 3.30. The number of rotatable bonds is 8. The number of benzene rings is 3. The molecular weight excluding hydrogens is 568 g/mol. The van der Waals surface area contributed by atoms with Gasteiger partial charge in [-0.25, -0.2) is 13.9 Å². The summed E-state index contributed by atoms with van der Waals surface area (Å²) in [5.74, 6) is -0.324. The second-order valence-electron chi connectivity index (χ2n) is 9.69. The Morgan fingerprint density at radius 1 is 0.927 bits per heavy atom. The summed E-state index contributed by atoms with van der Waals surface area (Å²) in [7, 11) is 0. The van der Waals surface area contributed by atoms with Crippen LogP contribution in [0.2, 0.25) is 10.0 Å². The Hall–Kier alpha value is -3.76. The van der Waals surface area contributed by atoms with E-state index in [4.69, 9.17) is 32.7 Å². The van der Waals surface area contributed by atoms with Gasteiger partial charge in [0.25, 0.3) is 0 Å². The number of nitrogens with zero attached hydrogens (tertiary/aromatic N) is 5. The molecule has 0 unspecified atom stereocenters. The minimum Gasteiger partial charge on any atom is -0.489 e. The van der Waals surface area contributed by atoms with E-state index < -0.39 is 11.5 Å². The van der Waals surface area contributed by atoms with Crippen molar-refractivity contribution >= 4 is 28.8 Å². The topological polar surface area (TPSA) is 73.9 Å². The summed E-state index contributed by atoms with van der Waals surface area (Å²) in [4.78, 5) is 15.6. The summed E-state index contributed by atoms with van der Waals surface area (Å²) in [6.45, 7) is 4.16. The third-order valence-corrected chi connectivity index (χ3v) is 7.50. The molecule has 2 aromatic heterocycles. The molecule has 11 heteroatoms. The van der Waals surface area contributed by atoms with E-state index in [1.807, 2.05) is 24.3 Å². The smallest absolute Gasteiger partial charge is 0.367 e. The molecule has 1 aliphatic rings. The molecular formula is C30H26Cl2FN5O3. The van der Waals surface area contributed by atoms with Crippen LogP contribution >= 0.6 is 23.2 Å². The first-order valence-electron chi connectivity index (χ1n) is 13.2. The predicted molar refractivity (Wildman–Crippen MR) is 156 cm³/mol. The van der Waals surface area contributed by atoms with E-state index >= 15 is 0 Å². The molecule has 6 rings (SSSR count). The zero-order valence-electron chi connectivity index (χ0n) is 22.0.